The highest BCUT2D eigenvalue weighted by Crippen LogP contribution is 2.33. The summed E-state index contributed by atoms with van der Waals surface area (Å²) in [5.74, 6) is -0.560. The van der Waals surface area contributed by atoms with E-state index >= 15 is 0 Å². The molecule has 1 aromatic carbocycles. The summed E-state index contributed by atoms with van der Waals surface area (Å²) in [4.78, 5) is 0. The maximum Gasteiger partial charge on any atom is 0.416 e. The van der Waals surface area contributed by atoms with Crippen molar-refractivity contribution in [2.45, 2.75) is 12.9 Å². The standard InChI is InChI=1S/C9H8F4O3S/c1-17(14,15)16-8-3-6(5-10)2-7(4-8)9(11,12)13/h2-4H,5H2,1H3. The molecule has 96 valence electrons. The van der Waals surface area contributed by atoms with E-state index in [-0.39, 0.29) is 5.56 Å². The lowest BCUT2D eigenvalue weighted by molar-refractivity contribution is -0.137. The summed E-state index contributed by atoms with van der Waals surface area (Å²) in [6.07, 6.45) is -4.01. The van der Waals surface area contributed by atoms with Gasteiger partial charge in [0, 0.05) is 0 Å². The largest absolute Gasteiger partial charge is 0.416 e. The summed E-state index contributed by atoms with van der Waals surface area (Å²) in [6.45, 7) is -1.15. The van der Waals surface area contributed by atoms with Crippen molar-refractivity contribution in [3.8, 4) is 5.75 Å². The van der Waals surface area contributed by atoms with Gasteiger partial charge in [-0.1, -0.05) is 0 Å². The molecular formula is C9H8F4O3S. The molecule has 0 aliphatic heterocycles. The Labute approximate surface area is 95.1 Å². The fourth-order valence-electron chi connectivity index (χ4n) is 1.12. The van der Waals surface area contributed by atoms with Gasteiger partial charge in [-0.05, 0) is 23.8 Å². The first kappa shape index (κ1) is 13.8. The number of halogens is 4. The Balaban J connectivity index is 3.24. The molecule has 17 heavy (non-hydrogen) atoms. The van der Waals surface area contributed by atoms with E-state index < -0.39 is 34.3 Å². The zero-order chi connectivity index (χ0) is 13.3. The van der Waals surface area contributed by atoms with Crippen LogP contribution in [0.15, 0.2) is 18.2 Å². The van der Waals surface area contributed by atoms with E-state index in [0.717, 1.165) is 6.07 Å². The fourth-order valence-corrected chi connectivity index (χ4v) is 1.57. The van der Waals surface area contributed by atoms with E-state index in [1.54, 1.807) is 0 Å². The van der Waals surface area contributed by atoms with Crippen LogP contribution in [0, 0.1) is 0 Å². The average molecular weight is 272 g/mol. The van der Waals surface area contributed by atoms with Gasteiger partial charge in [0.25, 0.3) is 0 Å². The summed E-state index contributed by atoms with van der Waals surface area (Å²) < 4.78 is 75.3. The van der Waals surface area contributed by atoms with Crippen LogP contribution in [0.4, 0.5) is 17.6 Å². The Morgan fingerprint density at radius 3 is 2.24 bits per heavy atom. The van der Waals surface area contributed by atoms with Crippen molar-refractivity contribution in [2.75, 3.05) is 6.26 Å². The predicted octanol–water partition coefficient (Wildman–Crippen LogP) is 2.51. The Kier molecular flexibility index (Phi) is 3.65. The molecule has 0 unspecified atom stereocenters. The molecule has 1 aromatic rings. The van der Waals surface area contributed by atoms with Crippen LogP contribution in [0.2, 0.25) is 0 Å². The monoisotopic (exact) mass is 272 g/mol. The highest BCUT2D eigenvalue weighted by atomic mass is 32.2. The summed E-state index contributed by atoms with van der Waals surface area (Å²) >= 11 is 0. The average Bonchev–Trinajstić information content (AvgIpc) is 2.13. The normalized spacial score (nSPS) is 12.5. The molecule has 0 aliphatic rings. The number of hydrogen-bond donors (Lipinski definition) is 0. The molecule has 1 rings (SSSR count). The topological polar surface area (TPSA) is 43.4 Å². The summed E-state index contributed by atoms with van der Waals surface area (Å²) in [5, 5.41) is 0. The minimum absolute atomic E-state index is 0.307. The molecule has 0 bridgehead atoms. The van der Waals surface area contributed by atoms with Crippen molar-refractivity contribution in [2.24, 2.45) is 0 Å². The summed E-state index contributed by atoms with van der Waals surface area (Å²) in [6, 6.07) is 1.99. The highest BCUT2D eigenvalue weighted by Gasteiger charge is 2.31. The van der Waals surface area contributed by atoms with Gasteiger partial charge < -0.3 is 4.18 Å². The molecule has 3 nitrogen and oxygen atoms in total. The highest BCUT2D eigenvalue weighted by molar-refractivity contribution is 7.86. The molecule has 0 spiro atoms. The number of benzene rings is 1. The molecule has 0 radical (unpaired) electrons. The lowest BCUT2D eigenvalue weighted by Gasteiger charge is -2.10. The SMILES string of the molecule is CS(=O)(=O)Oc1cc(CF)cc(C(F)(F)F)c1. The Hall–Kier alpha value is -1.31. The van der Waals surface area contributed by atoms with E-state index in [1.807, 2.05) is 0 Å². The second-order valence-electron chi connectivity index (χ2n) is 3.28. The second kappa shape index (κ2) is 4.52. The Morgan fingerprint density at radius 1 is 1.24 bits per heavy atom. The molecule has 0 N–H and O–H groups in total. The van der Waals surface area contributed by atoms with E-state index in [1.165, 1.54) is 0 Å². The van der Waals surface area contributed by atoms with Gasteiger partial charge in [0.15, 0.2) is 0 Å². The van der Waals surface area contributed by atoms with Crippen LogP contribution in [-0.4, -0.2) is 14.7 Å². The van der Waals surface area contributed by atoms with Crippen LogP contribution >= 0.6 is 0 Å². The van der Waals surface area contributed by atoms with Crippen LogP contribution in [0.5, 0.6) is 5.75 Å². The first-order valence-electron chi connectivity index (χ1n) is 4.28. The molecule has 0 heterocycles. The summed E-state index contributed by atoms with van der Waals surface area (Å²) in [5.41, 5.74) is -1.47. The number of rotatable bonds is 3. The van der Waals surface area contributed by atoms with Gasteiger partial charge in [-0.15, -0.1) is 0 Å². The van der Waals surface area contributed by atoms with Crippen LogP contribution in [0.25, 0.3) is 0 Å². The van der Waals surface area contributed by atoms with Crippen LogP contribution in [-0.2, 0) is 23.0 Å². The quantitative estimate of drug-likeness (QED) is 0.627. The van der Waals surface area contributed by atoms with Crippen molar-refractivity contribution in [1.82, 2.24) is 0 Å². The third kappa shape index (κ3) is 4.22. The van der Waals surface area contributed by atoms with Gasteiger partial charge in [0.05, 0.1) is 11.8 Å². The molecular weight excluding hydrogens is 264 g/mol. The lowest BCUT2D eigenvalue weighted by Crippen LogP contribution is -2.09. The molecule has 0 fully saturated rings. The van der Waals surface area contributed by atoms with E-state index in [9.17, 15) is 26.0 Å². The maximum atomic E-state index is 12.4. The third-order valence-electron chi connectivity index (χ3n) is 1.70. The zero-order valence-electron chi connectivity index (χ0n) is 8.58. The van der Waals surface area contributed by atoms with Crippen molar-refractivity contribution in [1.29, 1.82) is 0 Å². The zero-order valence-corrected chi connectivity index (χ0v) is 9.40. The molecule has 0 saturated heterocycles. The van der Waals surface area contributed by atoms with Gasteiger partial charge in [-0.25, -0.2) is 4.39 Å². The van der Waals surface area contributed by atoms with Crippen molar-refractivity contribution in [3.05, 3.63) is 29.3 Å². The molecule has 0 amide bonds. The van der Waals surface area contributed by atoms with Crippen LogP contribution < -0.4 is 4.18 Å². The van der Waals surface area contributed by atoms with Crippen molar-refractivity contribution >= 4 is 10.1 Å². The minimum Gasteiger partial charge on any atom is -0.383 e. The van der Waals surface area contributed by atoms with Crippen LogP contribution in [0.3, 0.4) is 0 Å². The van der Waals surface area contributed by atoms with Gasteiger partial charge >= 0.3 is 16.3 Å². The lowest BCUT2D eigenvalue weighted by atomic mass is 10.1. The molecule has 0 atom stereocenters. The molecule has 0 aromatic heterocycles. The first-order valence-corrected chi connectivity index (χ1v) is 6.10. The molecule has 0 aliphatic carbocycles. The maximum absolute atomic E-state index is 12.4. The van der Waals surface area contributed by atoms with E-state index in [4.69, 9.17) is 0 Å². The third-order valence-corrected chi connectivity index (χ3v) is 2.19. The Bertz CT molecular complexity index is 507. The Morgan fingerprint density at radius 2 is 1.82 bits per heavy atom. The first-order chi connectivity index (χ1) is 7.62. The van der Waals surface area contributed by atoms with Crippen LogP contribution in [0.1, 0.15) is 11.1 Å². The van der Waals surface area contributed by atoms with E-state index in [2.05, 4.69) is 4.18 Å². The smallest absolute Gasteiger partial charge is 0.383 e. The van der Waals surface area contributed by atoms with Gasteiger partial charge in [-0.2, -0.15) is 21.6 Å². The molecule has 8 heteroatoms. The summed E-state index contributed by atoms with van der Waals surface area (Å²) in [7, 11) is -3.95. The van der Waals surface area contributed by atoms with Crippen molar-refractivity contribution < 1.29 is 30.2 Å². The van der Waals surface area contributed by atoms with Gasteiger partial charge in [0.1, 0.15) is 12.4 Å². The van der Waals surface area contributed by atoms with Crippen molar-refractivity contribution in [3.63, 3.8) is 0 Å². The van der Waals surface area contributed by atoms with Gasteiger partial charge in [0.2, 0.25) is 0 Å². The number of alkyl halides is 4. The minimum atomic E-state index is -4.69. The van der Waals surface area contributed by atoms with E-state index in [0.29, 0.717) is 18.4 Å². The predicted molar refractivity (Wildman–Crippen MR) is 51.7 cm³/mol. The number of hydrogen-bond acceptors (Lipinski definition) is 3. The van der Waals surface area contributed by atoms with Gasteiger partial charge in [-0.3, -0.25) is 0 Å². The molecule has 0 saturated carbocycles. The fraction of sp³-hybridized carbons (Fsp3) is 0.333. The second-order valence-corrected chi connectivity index (χ2v) is 4.86.